The predicted octanol–water partition coefficient (Wildman–Crippen LogP) is 2.41. The Morgan fingerprint density at radius 3 is 2.69 bits per heavy atom. The van der Waals surface area contributed by atoms with Gasteiger partial charge < -0.3 is 5.11 Å². The van der Waals surface area contributed by atoms with Crippen LogP contribution in [-0.4, -0.2) is 16.1 Å². The first kappa shape index (κ1) is 9.15. The smallest absolute Gasteiger partial charge is 0.315 e. The van der Waals surface area contributed by atoms with Gasteiger partial charge in [-0.1, -0.05) is 6.42 Å². The predicted molar refractivity (Wildman–Crippen MR) is 53.0 cm³/mol. The molecule has 70 valence electrons. The fraction of sp³-hybridized carbons (Fsp3) is 0.500. The zero-order valence-electron chi connectivity index (χ0n) is 6.79. The molecule has 0 bridgehead atoms. The van der Waals surface area contributed by atoms with Gasteiger partial charge in [0.05, 0.1) is 5.69 Å². The summed E-state index contributed by atoms with van der Waals surface area (Å²) in [7, 11) is 0. The Morgan fingerprint density at radius 1 is 1.69 bits per heavy atom. The van der Waals surface area contributed by atoms with Gasteiger partial charge in [0.1, 0.15) is 5.41 Å². The van der Waals surface area contributed by atoms with Crippen LogP contribution in [0.3, 0.4) is 0 Å². The van der Waals surface area contributed by atoms with Crippen LogP contribution in [0.1, 0.15) is 25.0 Å². The average Bonchev–Trinajstić information content (AvgIpc) is 2.32. The molecule has 1 fully saturated rings. The average molecular weight is 262 g/mol. The number of nitrogens with zero attached hydrogens (tertiary/aromatic N) is 1. The van der Waals surface area contributed by atoms with Crippen molar-refractivity contribution in [2.75, 3.05) is 0 Å². The van der Waals surface area contributed by atoms with Crippen LogP contribution in [0.2, 0.25) is 0 Å². The highest BCUT2D eigenvalue weighted by Crippen LogP contribution is 2.44. The van der Waals surface area contributed by atoms with E-state index in [-0.39, 0.29) is 0 Å². The molecule has 0 unspecified atom stereocenters. The molecular formula is C8H8BrNO2S. The number of carboxylic acid groups (broad SMARTS) is 1. The second-order valence-corrected chi connectivity index (χ2v) is 5.36. The molecule has 1 saturated carbocycles. The lowest BCUT2D eigenvalue weighted by Crippen LogP contribution is -2.42. The molecule has 13 heavy (non-hydrogen) atoms. The van der Waals surface area contributed by atoms with E-state index < -0.39 is 11.4 Å². The van der Waals surface area contributed by atoms with Crippen LogP contribution in [0.5, 0.6) is 0 Å². The molecule has 1 aliphatic carbocycles. The number of thiazole rings is 1. The van der Waals surface area contributed by atoms with Crippen molar-refractivity contribution in [2.24, 2.45) is 0 Å². The van der Waals surface area contributed by atoms with Gasteiger partial charge in [-0.3, -0.25) is 4.79 Å². The molecule has 1 aromatic rings. The van der Waals surface area contributed by atoms with Gasteiger partial charge in [0.15, 0.2) is 3.92 Å². The van der Waals surface area contributed by atoms with E-state index in [1.807, 2.05) is 5.38 Å². The summed E-state index contributed by atoms with van der Waals surface area (Å²) in [5, 5.41) is 10.9. The van der Waals surface area contributed by atoms with Crippen molar-refractivity contribution < 1.29 is 9.90 Å². The second kappa shape index (κ2) is 3.06. The van der Waals surface area contributed by atoms with E-state index in [2.05, 4.69) is 20.9 Å². The maximum absolute atomic E-state index is 11.1. The van der Waals surface area contributed by atoms with E-state index in [0.717, 1.165) is 23.2 Å². The summed E-state index contributed by atoms with van der Waals surface area (Å²) in [5.41, 5.74) is 0.0332. The molecule has 1 aliphatic rings. The van der Waals surface area contributed by atoms with Crippen LogP contribution in [0.25, 0.3) is 0 Å². The fourth-order valence-corrected chi connectivity index (χ4v) is 2.69. The Balaban J connectivity index is 2.37. The molecular weight excluding hydrogens is 254 g/mol. The van der Waals surface area contributed by atoms with Crippen LogP contribution in [0.4, 0.5) is 0 Å². The van der Waals surface area contributed by atoms with Crippen molar-refractivity contribution in [3.8, 4) is 0 Å². The molecule has 0 atom stereocenters. The summed E-state index contributed by atoms with van der Waals surface area (Å²) in [6, 6.07) is 0. The Hall–Kier alpha value is -0.420. The van der Waals surface area contributed by atoms with Crippen molar-refractivity contribution in [3.05, 3.63) is 15.0 Å². The minimum atomic E-state index is -0.739. The summed E-state index contributed by atoms with van der Waals surface area (Å²) >= 11 is 4.68. The third-order valence-electron chi connectivity index (χ3n) is 2.58. The van der Waals surface area contributed by atoms with Gasteiger partial charge >= 0.3 is 5.97 Å². The SMILES string of the molecule is O=C(O)C1(c2csc(Br)n2)CCC1. The standard InChI is InChI=1S/C8H8BrNO2S/c9-7-10-5(4-13-7)8(6(11)12)2-1-3-8/h4H,1-3H2,(H,11,12). The summed E-state index contributed by atoms with van der Waals surface area (Å²) in [4.78, 5) is 15.2. The number of carboxylic acids is 1. The third-order valence-corrected chi connectivity index (χ3v) is 3.95. The number of hydrogen-bond donors (Lipinski definition) is 1. The highest BCUT2D eigenvalue weighted by Gasteiger charge is 2.47. The van der Waals surface area contributed by atoms with E-state index in [1.165, 1.54) is 11.3 Å². The molecule has 5 heteroatoms. The maximum atomic E-state index is 11.1. The normalized spacial score (nSPS) is 19.5. The van der Waals surface area contributed by atoms with E-state index in [4.69, 9.17) is 5.11 Å². The van der Waals surface area contributed by atoms with Gasteiger partial charge in [0.25, 0.3) is 0 Å². The molecule has 0 amide bonds. The van der Waals surface area contributed by atoms with E-state index in [1.54, 1.807) is 0 Å². The van der Waals surface area contributed by atoms with Crippen molar-refractivity contribution in [1.82, 2.24) is 4.98 Å². The molecule has 0 aliphatic heterocycles. The van der Waals surface area contributed by atoms with Gasteiger partial charge in [-0.2, -0.15) is 0 Å². The van der Waals surface area contributed by atoms with Crippen molar-refractivity contribution in [3.63, 3.8) is 0 Å². The molecule has 1 heterocycles. The maximum Gasteiger partial charge on any atom is 0.315 e. The third kappa shape index (κ3) is 1.30. The van der Waals surface area contributed by atoms with Crippen LogP contribution in [0, 0.1) is 0 Å². The first-order chi connectivity index (χ1) is 6.15. The van der Waals surface area contributed by atoms with Gasteiger partial charge in [-0.15, -0.1) is 11.3 Å². The lowest BCUT2D eigenvalue weighted by atomic mass is 9.67. The number of carbonyl (C=O) groups is 1. The summed E-state index contributed by atoms with van der Waals surface area (Å²) in [6.45, 7) is 0. The van der Waals surface area contributed by atoms with Crippen molar-refractivity contribution in [2.45, 2.75) is 24.7 Å². The van der Waals surface area contributed by atoms with Crippen LogP contribution >= 0.6 is 27.3 Å². The summed E-state index contributed by atoms with van der Waals surface area (Å²) < 4.78 is 0.759. The molecule has 0 saturated heterocycles. The van der Waals surface area contributed by atoms with Crippen LogP contribution in [0.15, 0.2) is 9.30 Å². The van der Waals surface area contributed by atoms with Gasteiger partial charge in [0, 0.05) is 5.38 Å². The quantitative estimate of drug-likeness (QED) is 0.890. The zero-order chi connectivity index (χ0) is 9.47. The van der Waals surface area contributed by atoms with Gasteiger partial charge in [0.2, 0.25) is 0 Å². The number of hydrogen-bond acceptors (Lipinski definition) is 3. The topological polar surface area (TPSA) is 50.2 Å². The summed E-state index contributed by atoms with van der Waals surface area (Å²) in [6.07, 6.45) is 2.43. The Kier molecular flexibility index (Phi) is 2.15. The Bertz CT molecular complexity index is 346. The van der Waals surface area contributed by atoms with Gasteiger partial charge in [-0.25, -0.2) is 4.98 Å². The largest absolute Gasteiger partial charge is 0.481 e. The molecule has 0 aromatic carbocycles. The Morgan fingerprint density at radius 2 is 2.38 bits per heavy atom. The zero-order valence-corrected chi connectivity index (χ0v) is 9.19. The monoisotopic (exact) mass is 261 g/mol. The van der Waals surface area contributed by atoms with Crippen molar-refractivity contribution in [1.29, 1.82) is 0 Å². The fourth-order valence-electron chi connectivity index (χ4n) is 1.58. The van der Waals surface area contributed by atoms with Gasteiger partial charge in [-0.05, 0) is 28.8 Å². The highest BCUT2D eigenvalue weighted by atomic mass is 79.9. The van der Waals surface area contributed by atoms with Crippen LogP contribution in [-0.2, 0) is 10.2 Å². The molecule has 3 nitrogen and oxygen atoms in total. The Labute approximate surface area is 87.9 Å². The number of rotatable bonds is 2. The molecule has 1 aromatic heterocycles. The van der Waals surface area contributed by atoms with E-state index >= 15 is 0 Å². The lowest BCUT2D eigenvalue weighted by Gasteiger charge is -2.35. The van der Waals surface area contributed by atoms with Crippen LogP contribution < -0.4 is 0 Å². The molecule has 2 rings (SSSR count). The highest BCUT2D eigenvalue weighted by molar-refractivity contribution is 9.11. The number of aliphatic carboxylic acids is 1. The molecule has 1 N–H and O–H groups in total. The minimum Gasteiger partial charge on any atom is -0.481 e. The first-order valence-electron chi connectivity index (χ1n) is 4.00. The lowest BCUT2D eigenvalue weighted by molar-refractivity contribution is -0.147. The van der Waals surface area contributed by atoms with E-state index in [0.29, 0.717) is 5.69 Å². The minimum absolute atomic E-state index is 0.678. The number of halogens is 1. The van der Waals surface area contributed by atoms with Crippen molar-refractivity contribution >= 4 is 33.2 Å². The summed E-state index contributed by atoms with van der Waals surface area (Å²) in [5.74, 6) is -0.739. The van der Waals surface area contributed by atoms with E-state index in [9.17, 15) is 4.79 Å². The molecule has 0 spiro atoms. The number of aromatic nitrogens is 1. The first-order valence-corrected chi connectivity index (χ1v) is 5.67. The second-order valence-electron chi connectivity index (χ2n) is 3.23. The molecule has 0 radical (unpaired) electrons.